The van der Waals surface area contributed by atoms with Gasteiger partial charge in [0.15, 0.2) is 6.61 Å². The third-order valence-electron chi connectivity index (χ3n) is 3.27. The first kappa shape index (κ1) is 20.8. The summed E-state index contributed by atoms with van der Waals surface area (Å²) in [5.41, 5.74) is 1.48. The van der Waals surface area contributed by atoms with Gasteiger partial charge in [-0.15, -0.1) is 0 Å². The van der Waals surface area contributed by atoms with Gasteiger partial charge in [-0.25, -0.2) is 4.79 Å². The number of benzene rings is 1. The molecule has 0 aliphatic heterocycles. The molecule has 0 radical (unpaired) electrons. The molecule has 1 aromatic carbocycles. The lowest BCUT2D eigenvalue weighted by Gasteiger charge is -2.21. The van der Waals surface area contributed by atoms with Crippen LogP contribution in [0.4, 0.5) is 18.0 Å². The highest BCUT2D eigenvalue weighted by Gasteiger charge is 2.30. The van der Waals surface area contributed by atoms with E-state index < -0.39 is 24.9 Å². The first-order valence-corrected chi connectivity index (χ1v) is 7.91. The first-order valence-electron chi connectivity index (χ1n) is 7.91. The van der Waals surface area contributed by atoms with Gasteiger partial charge < -0.3 is 15.4 Å². The zero-order chi connectivity index (χ0) is 19.0. The molecule has 2 amide bonds. The minimum Gasteiger partial charge on any atom is -0.440 e. The van der Waals surface area contributed by atoms with Crippen molar-refractivity contribution in [2.24, 2.45) is 5.92 Å². The smallest absolute Gasteiger partial charge is 0.422 e. The molecular formula is C17H23F3N2O3. The molecule has 0 aromatic heterocycles. The molecule has 1 atom stereocenters. The summed E-state index contributed by atoms with van der Waals surface area (Å²) in [6.45, 7) is 4.14. The Morgan fingerprint density at radius 3 is 2.28 bits per heavy atom. The normalized spacial score (nSPS) is 12.6. The zero-order valence-electron chi connectivity index (χ0n) is 14.4. The third-order valence-corrected chi connectivity index (χ3v) is 3.27. The fourth-order valence-corrected chi connectivity index (χ4v) is 2.14. The van der Waals surface area contributed by atoms with Gasteiger partial charge in [-0.1, -0.05) is 31.5 Å². The van der Waals surface area contributed by atoms with Crippen molar-refractivity contribution in [1.29, 1.82) is 0 Å². The molecule has 0 bridgehead atoms. The lowest BCUT2D eigenvalue weighted by atomic mass is 10.0. The van der Waals surface area contributed by atoms with Crippen molar-refractivity contribution in [3.8, 4) is 0 Å². The molecule has 0 heterocycles. The van der Waals surface area contributed by atoms with Crippen LogP contribution < -0.4 is 10.6 Å². The summed E-state index contributed by atoms with van der Waals surface area (Å²) >= 11 is 0. The number of ether oxygens (including phenoxy) is 1. The minimum atomic E-state index is -4.58. The van der Waals surface area contributed by atoms with Crippen LogP contribution in [0.15, 0.2) is 24.3 Å². The van der Waals surface area contributed by atoms with Gasteiger partial charge in [0.2, 0.25) is 0 Å². The first-order chi connectivity index (χ1) is 11.6. The van der Waals surface area contributed by atoms with Crippen molar-refractivity contribution in [3.63, 3.8) is 0 Å². The Morgan fingerprint density at radius 2 is 1.76 bits per heavy atom. The van der Waals surface area contributed by atoms with E-state index in [2.05, 4.69) is 15.4 Å². The van der Waals surface area contributed by atoms with Crippen LogP contribution in [0.5, 0.6) is 0 Å². The number of nitrogens with one attached hydrogen (secondary N) is 2. The zero-order valence-corrected chi connectivity index (χ0v) is 14.4. The maximum absolute atomic E-state index is 12.1. The number of amides is 2. The van der Waals surface area contributed by atoms with Crippen molar-refractivity contribution in [2.75, 3.05) is 13.2 Å². The van der Waals surface area contributed by atoms with Crippen molar-refractivity contribution in [1.82, 2.24) is 10.6 Å². The lowest BCUT2D eigenvalue weighted by Crippen LogP contribution is -2.45. The van der Waals surface area contributed by atoms with Gasteiger partial charge in [0.1, 0.15) is 0 Å². The number of carbonyl (C=O) groups excluding carboxylic acids is 2. The molecule has 0 fully saturated rings. The monoisotopic (exact) mass is 360 g/mol. The number of alkyl halides is 3. The van der Waals surface area contributed by atoms with E-state index in [0.717, 1.165) is 5.56 Å². The lowest BCUT2D eigenvalue weighted by molar-refractivity contribution is -0.160. The number of carbonyl (C=O) groups is 2. The number of hydrogen-bond donors (Lipinski definition) is 2. The molecule has 0 spiro atoms. The second-order valence-electron chi connectivity index (χ2n) is 6.24. The van der Waals surface area contributed by atoms with E-state index >= 15 is 0 Å². The molecule has 0 saturated carbocycles. The molecule has 140 valence electrons. The molecule has 25 heavy (non-hydrogen) atoms. The SMILES string of the molecule is Cc1ccc(C(=O)NC[C@H](CC(C)C)NC(=O)OCC(F)(F)F)cc1. The topological polar surface area (TPSA) is 67.4 Å². The number of aryl methyl sites for hydroxylation is 1. The average molecular weight is 360 g/mol. The van der Waals surface area contributed by atoms with E-state index in [9.17, 15) is 22.8 Å². The highest BCUT2D eigenvalue weighted by atomic mass is 19.4. The Kier molecular flexibility index (Phi) is 7.73. The van der Waals surface area contributed by atoms with Crippen LogP contribution in [0.2, 0.25) is 0 Å². The Balaban J connectivity index is 2.56. The number of alkyl carbamates (subject to hydrolysis) is 1. The maximum atomic E-state index is 12.1. The Labute approximate surface area is 144 Å². The van der Waals surface area contributed by atoms with E-state index in [1.807, 2.05) is 20.8 Å². The summed E-state index contributed by atoms with van der Waals surface area (Å²) in [7, 11) is 0. The number of halogens is 3. The Morgan fingerprint density at radius 1 is 1.16 bits per heavy atom. The minimum absolute atomic E-state index is 0.0893. The standard InChI is InChI=1S/C17H23F3N2O3/c1-11(2)8-14(22-16(24)25-10-17(18,19)20)9-21-15(23)13-6-4-12(3)5-7-13/h4-7,11,14H,8-10H2,1-3H3,(H,21,23)(H,22,24)/t14-/m0/s1. The van der Waals surface area contributed by atoms with Gasteiger partial charge in [-0.2, -0.15) is 13.2 Å². The summed E-state index contributed by atoms with van der Waals surface area (Å²) in [6, 6.07) is 6.41. The molecule has 1 rings (SSSR count). The average Bonchev–Trinajstić information content (AvgIpc) is 2.50. The molecule has 1 aromatic rings. The van der Waals surface area contributed by atoms with Crippen LogP contribution in [0.25, 0.3) is 0 Å². The molecule has 0 aliphatic carbocycles. The van der Waals surface area contributed by atoms with E-state index in [1.54, 1.807) is 24.3 Å². The van der Waals surface area contributed by atoms with Crippen molar-refractivity contribution in [3.05, 3.63) is 35.4 Å². The molecule has 0 unspecified atom stereocenters. The van der Waals surface area contributed by atoms with Gasteiger partial charge in [-0.3, -0.25) is 4.79 Å². The van der Waals surface area contributed by atoms with Gasteiger partial charge in [0, 0.05) is 18.2 Å². The fraction of sp³-hybridized carbons (Fsp3) is 0.529. The molecule has 2 N–H and O–H groups in total. The van der Waals surface area contributed by atoms with E-state index in [1.165, 1.54) is 0 Å². The molecule has 0 saturated heterocycles. The Hall–Kier alpha value is -2.25. The van der Waals surface area contributed by atoms with Gasteiger partial charge in [0.05, 0.1) is 0 Å². The largest absolute Gasteiger partial charge is 0.440 e. The van der Waals surface area contributed by atoms with Gasteiger partial charge in [0.25, 0.3) is 5.91 Å². The number of rotatable bonds is 7. The van der Waals surface area contributed by atoms with Crippen LogP contribution in [-0.2, 0) is 4.74 Å². The second-order valence-corrected chi connectivity index (χ2v) is 6.24. The predicted octanol–water partition coefficient (Wildman–Crippen LogP) is 3.43. The van der Waals surface area contributed by atoms with Gasteiger partial charge in [-0.05, 0) is 31.4 Å². The summed E-state index contributed by atoms with van der Waals surface area (Å²) in [4.78, 5) is 23.6. The molecule has 8 heteroatoms. The molecule has 0 aliphatic rings. The van der Waals surface area contributed by atoms with Crippen LogP contribution in [-0.4, -0.2) is 37.4 Å². The second kappa shape index (κ2) is 9.29. The van der Waals surface area contributed by atoms with Crippen molar-refractivity contribution in [2.45, 2.75) is 39.4 Å². The van der Waals surface area contributed by atoms with Crippen LogP contribution in [0.3, 0.4) is 0 Å². The molecule has 5 nitrogen and oxygen atoms in total. The summed E-state index contributed by atoms with van der Waals surface area (Å²) in [6.07, 6.45) is -5.26. The maximum Gasteiger partial charge on any atom is 0.422 e. The Bertz CT molecular complexity index is 571. The van der Waals surface area contributed by atoms with E-state index in [-0.39, 0.29) is 18.4 Å². The van der Waals surface area contributed by atoms with Gasteiger partial charge >= 0.3 is 12.3 Å². The summed E-state index contributed by atoms with van der Waals surface area (Å²) in [5.74, 6) is -0.150. The fourth-order valence-electron chi connectivity index (χ4n) is 2.14. The van der Waals surface area contributed by atoms with Crippen molar-refractivity contribution >= 4 is 12.0 Å². The number of hydrogen-bond acceptors (Lipinski definition) is 3. The highest BCUT2D eigenvalue weighted by Crippen LogP contribution is 2.14. The van der Waals surface area contributed by atoms with Crippen molar-refractivity contribution < 1.29 is 27.5 Å². The quantitative estimate of drug-likeness (QED) is 0.783. The van der Waals surface area contributed by atoms with Crippen LogP contribution in [0, 0.1) is 12.8 Å². The van der Waals surface area contributed by atoms with E-state index in [4.69, 9.17) is 0 Å². The molecular weight excluding hydrogens is 337 g/mol. The van der Waals surface area contributed by atoms with Crippen LogP contribution >= 0.6 is 0 Å². The predicted molar refractivity (Wildman–Crippen MR) is 87.3 cm³/mol. The third kappa shape index (κ3) is 8.97. The van der Waals surface area contributed by atoms with Crippen LogP contribution in [0.1, 0.15) is 36.2 Å². The summed E-state index contributed by atoms with van der Waals surface area (Å²) < 4.78 is 40.3. The van der Waals surface area contributed by atoms with E-state index in [0.29, 0.717) is 12.0 Å². The highest BCUT2D eigenvalue weighted by molar-refractivity contribution is 5.94. The summed E-state index contributed by atoms with van der Waals surface area (Å²) in [5, 5.41) is 5.03.